The first-order valence-corrected chi connectivity index (χ1v) is 20.8. The van der Waals surface area contributed by atoms with E-state index in [0.717, 1.165) is 89.4 Å². The third kappa shape index (κ3) is 4.82. The number of fused-ring (bicyclic) bond motifs is 14. The zero-order valence-corrected chi connectivity index (χ0v) is 33.0. The molecule has 1 aliphatic heterocycles. The van der Waals surface area contributed by atoms with Crippen LogP contribution in [0, 0.1) is 0 Å². The van der Waals surface area contributed by atoms with Gasteiger partial charge in [-0.25, -0.2) is 9.97 Å². The van der Waals surface area contributed by atoms with Crippen LogP contribution >= 0.6 is 0 Å². The number of nitrogens with zero attached hydrogens (tertiary/aromatic N) is 3. The lowest BCUT2D eigenvalue weighted by Crippen LogP contribution is -2.32. The highest BCUT2D eigenvalue weighted by Crippen LogP contribution is 2.63. The minimum absolute atomic E-state index is 0.559. The highest BCUT2D eigenvalue weighted by atomic mass is 16.5. The molecule has 61 heavy (non-hydrogen) atoms. The molecule has 13 rings (SSSR count). The zero-order chi connectivity index (χ0) is 40.1. The largest absolute Gasteiger partial charge is 0.457 e. The van der Waals surface area contributed by atoms with E-state index in [1.54, 1.807) is 0 Å². The molecule has 284 valence electrons. The fourth-order valence-corrected chi connectivity index (χ4v) is 10.3. The summed E-state index contributed by atoms with van der Waals surface area (Å²) >= 11 is 0. The van der Waals surface area contributed by atoms with Gasteiger partial charge in [-0.3, -0.25) is 4.57 Å². The molecule has 3 heterocycles. The second kappa shape index (κ2) is 13.0. The van der Waals surface area contributed by atoms with Crippen molar-refractivity contribution in [1.29, 1.82) is 0 Å². The van der Waals surface area contributed by atoms with E-state index in [1.165, 1.54) is 27.6 Å². The second-order valence-electron chi connectivity index (χ2n) is 16.0. The molecule has 0 radical (unpaired) electrons. The van der Waals surface area contributed by atoms with Crippen molar-refractivity contribution in [2.45, 2.75) is 5.41 Å². The van der Waals surface area contributed by atoms with Crippen molar-refractivity contribution in [3.63, 3.8) is 0 Å². The van der Waals surface area contributed by atoms with E-state index in [4.69, 9.17) is 14.7 Å². The molecule has 2 aromatic heterocycles. The number of pyridine rings is 1. The lowest BCUT2D eigenvalue weighted by molar-refractivity contribution is 0.436. The van der Waals surface area contributed by atoms with Crippen LogP contribution in [0.25, 0.3) is 83.3 Å². The van der Waals surface area contributed by atoms with Gasteiger partial charge >= 0.3 is 0 Å². The van der Waals surface area contributed by atoms with Gasteiger partial charge in [0.05, 0.1) is 27.7 Å². The Morgan fingerprint density at radius 3 is 1.79 bits per heavy atom. The van der Waals surface area contributed by atoms with Crippen molar-refractivity contribution in [2.75, 3.05) is 0 Å². The van der Waals surface area contributed by atoms with Crippen LogP contribution in [-0.2, 0) is 5.41 Å². The van der Waals surface area contributed by atoms with E-state index < -0.39 is 5.41 Å². The Morgan fingerprint density at radius 1 is 0.410 bits per heavy atom. The first-order valence-electron chi connectivity index (χ1n) is 20.8. The van der Waals surface area contributed by atoms with Crippen LogP contribution < -0.4 is 4.74 Å². The van der Waals surface area contributed by atoms with Gasteiger partial charge in [0, 0.05) is 44.1 Å². The van der Waals surface area contributed by atoms with Crippen LogP contribution in [0.3, 0.4) is 0 Å². The monoisotopic (exact) mass is 777 g/mol. The van der Waals surface area contributed by atoms with Gasteiger partial charge in [0.15, 0.2) is 0 Å². The molecule has 0 amide bonds. The van der Waals surface area contributed by atoms with Crippen molar-refractivity contribution in [1.82, 2.24) is 14.5 Å². The van der Waals surface area contributed by atoms with E-state index >= 15 is 0 Å². The SMILES string of the molecule is c1ccc(-c2nc3cc(-c4ccc(-c5nc6ccccc6n5-c5ccccc5)cc4)ccc3c3c4c(ccc23)C2(c3ccccc3Oc3ccccc32)c2ccccc2-4)cc1. The summed E-state index contributed by atoms with van der Waals surface area (Å²) < 4.78 is 8.89. The molecular weight excluding hydrogens is 743 g/mol. The fourth-order valence-electron chi connectivity index (χ4n) is 10.3. The lowest BCUT2D eigenvalue weighted by atomic mass is 9.66. The van der Waals surface area contributed by atoms with Crippen LogP contribution in [0.2, 0.25) is 0 Å². The molecule has 11 aromatic rings. The van der Waals surface area contributed by atoms with Crippen molar-refractivity contribution in [2.24, 2.45) is 0 Å². The van der Waals surface area contributed by atoms with Gasteiger partial charge in [0.25, 0.3) is 0 Å². The molecular formula is C57H35N3O. The van der Waals surface area contributed by atoms with Crippen LogP contribution in [-0.4, -0.2) is 14.5 Å². The number of aromatic nitrogens is 3. The Labute approximate surface area is 352 Å². The molecule has 0 bridgehead atoms. The van der Waals surface area contributed by atoms with Gasteiger partial charge in [-0.15, -0.1) is 0 Å². The molecule has 0 atom stereocenters. The quantitative estimate of drug-likeness (QED) is 0.167. The van der Waals surface area contributed by atoms with Crippen molar-refractivity contribution < 1.29 is 4.74 Å². The van der Waals surface area contributed by atoms with Crippen LogP contribution in [0.5, 0.6) is 11.5 Å². The molecule has 4 heteroatoms. The first kappa shape index (κ1) is 33.8. The summed E-state index contributed by atoms with van der Waals surface area (Å²) in [5, 5.41) is 3.48. The molecule has 0 unspecified atom stereocenters. The summed E-state index contributed by atoms with van der Waals surface area (Å²) in [6, 6.07) is 75.8. The van der Waals surface area contributed by atoms with Gasteiger partial charge in [-0.05, 0) is 75.8 Å². The number of hydrogen-bond acceptors (Lipinski definition) is 3. The smallest absolute Gasteiger partial charge is 0.145 e. The maximum Gasteiger partial charge on any atom is 0.145 e. The lowest BCUT2D eigenvalue weighted by Gasteiger charge is -2.39. The number of hydrogen-bond donors (Lipinski definition) is 0. The predicted octanol–water partition coefficient (Wildman–Crippen LogP) is 14.2. The Bertz CT molecular complexity index is 3510. The molecule has 1 spiro atoms. The number of ether oxygens (including phenoxy) is 1. The molecule has 1 aliphatic carbocycles. The van der Waals surface area contributed by atoms with E-state index in [-0.39, 0.29) is 0 Å². The second-order valence-corrected chi connectivity index (χ2v) is 16.0. The summed E-state index contributed by atoms with van der Waals surface area (Å²) in [5.74, 6) is 2.70. The van der Waals surface area contributed by atoms with Crippen molar-refractivity contribution in [3.8, 4) is 62.1 Å². The normalized spacial score (nSPS) is 13.2. The van der Waals surface area contributed by atoms with Crippen molar-refractivity contribution >= 4 is 32.7 Å². The third-order valence-corrected chi connectivity index (χ3v) is 12.9. The first-order chi connectivity index (χ1) is 30.3. The highest BCUT2D eigenvalue weighted by molar-refractivity contribution is 6.20. The maximum atomic E-state index is 6.64. The minimum atomic E-state index is -0.559. The molecule has 4 nitrogen and oxygen atoms in total. The highest BCUT2D eigenvalue weighted by Gasteiger charge is 2.51. The average Bonchev–Trinajstić information content (AvgIpc) is 3.86. The van der Waals surface area contributed by atoms with Gasteiger partial charge in [-0.1, -0.05) is 170 Å². The van der Waals surface area contributed by atoms with Crippen LogP contribution in [0.1, 0.15) is 22.3 Å². The van der Waals surface area contributed by atoms with E-state index in [1.807, 2.05) is 12.1 Å². The van der Waals surface area contributed by atoms with Gasteiger partial charge < -0.3 is 4.74 Å². The van der Waals surface area contributed by atoms with Crippen LogP contribution in [0.4, 0.5) is 0 Å². The van der Waals surface area contributed by atoms with Crippen LogP contribution in [0.15, 0.2) is 212 Å². The molecule has 9 aromatic carbocycles. The molecule has 0 N–H and O–H groups in total. The number of benzene rings is 9. The maximum absolute atomic E-state index is 6.64. The summed E-state index contributed by atoms with van der Waals surface area (Å²) in [6.07, 6.45) is 0. The van der Waals surface area contributed by atoms with Gasteiger partial charge in [-0.2, -0.15) is 0 Å². The van der Waals surface area contributed by atoms with Gasteiger partial charge in [0.1, 0.15) is 17.3 Å². The van der Waals surface area contributed by atoms with Crippen molar-refractivity contribution in [3.05, 3.63) is 235 Å². The Morgan fingerprint density at radius 2 is 1.02 bits per heavy atom. The molecule has 0 saturated carbocycles. The summed E-state index contributed by atoms with van der Waals surface area (Å²) in [4.78, 5) is 10.6. The van der Waals surface area contributed by atoms with E-state index in [0.29, 0.717) is 0 Å². The summed E-state index contributed by atoms with van der Waals surface area (Å²) in [7, 11) is 0. The third-order valence-electron chi connectivity index (χ3n) is 12.9. The molecule has 0 fully saturated rings. The topological polar surface area (TPSA) is 39.9 Å². The summed E-state index contributed by atoms with van der Waals surface area (Å²) in [5.41, 5.74) is 16.2. The molecule has 0 saturated heterocycles. The molecule has 2 aliphatic rings. The van der Waals surface area contributed by atoms with E-state index in [9.17, 15) is 0 Å². The van der Waals surface area contributed by atoms with Gasteiger partial charge in [0.2, 0.25) is 0 Å². The fraction of sp³-hybridized carbons (Fsp3) is 0.0175. The number of para-hydroxylation sites is 5. The van der Waals surface area contributed by atoms with E-state index in [2.05, 4.69) is 205 Å². The minimum Gasteiger partial charge on any atom is -0.457 e. The Balaban J connectivity index is 1.04. The Kier molecular flexibility index (Phi) is 7.19. The summed E-state index contributed by atoms with van der Waals surface area (Å²) in [6.45, 7) is 0. The predicted molar refractivity (Wildman–Crippen MR) is 248 cm³/mol. The standard InChI is InChI=1S/C57H35N3O/c1-3-15-37(16-4-1)55-43-33-34-47-54(41-19-7-8-20-44(41)57(47)45-21-9-13-25-51(45)61-52-26-14-10-22-46(52)57)53(43)42-32-31-39(35-49(42)58-55)36-27-29-38(30-28-36)56-59-48-23-11-12-24-50(48)60(56)40-17-5-2-6-18-40/h1-35H. The zero-order valence-electron chi connectivity index (χ0n) is 33.0. The average molecular weight is 778 g/mol. The number of imidazole rings is 1. The number of rotatable bonds is 4. The Hall–Kier alpha value is -8.08.